The summed E-state index contributed by atoms with van der Waals surface area (Å²) in [4.78, 5) is 43.1. The number of H-pyrrole nitrogens is 1. The van der Waals surface area contributed by atoms with Crippen molar-refractivity contribution >= 4 is 22.9 Å². The number of para-hydroxylation sites is 2. The van der Waals surface area contributed by atoms with Gasteiger partial charge in [0.25, 0.3) is 5.91 Å². The number of carbonyl (C=O) groups is 2. The highest BCUT2D eigenvalue weighted by molar-refractivity contribution is 5.92. The van der Waals surface area contributed by atoms with Crippen molar-refractivity contribution in [3.63, 3.8) is 0 Å². The number of hydrogen-bond donors (Lipinski definition) is 2. The molecule has 1 aromatic heterocycles. The van der Waals surface area contributed by atoms with Crippen molar-refractivity contribution in [1.29, 1.82) is 0 Å². The Morgan fingerprint density at radius 2 is 1.83 bits per heavy atom. The summed E-state index contributed by atoms with van der Waals surface area (Å²) in [7, 11) is 1.34. The number of piperidine rings is 1. The van der Waals surface area contributed by atoms with Crippen LogP contribution in [0.4, 0.5) is 0 Å². The molecule has 2 aromatic carbocycles. The van der Waals surface area contributed by atoms with Crippen molar-refractivity contribution in [3.05, 3.63) is 82.0 Å². The summed E-state index contributed by atoms with van der Waals surface area (Å²) in [6.45, 7) is 3.29. The molecule has 3 atom stereocenters. The molecule has 0 radical (unpaired) electrons. The highest BCUT2D eigenvalue weighted by Crippen LogP contribution is 2.40. The van der Waals surface area contributed by atoms with Gasteiger partial charge in [-0.05, 0) is 68.5 Å². The van der Waals surface area contributed by atoms with Crippen molar-refractivity contribution in [2.45, 2.75) is 50.9 Å². The normalized spacial score (nSPS) is 21.4. The Morgan fingerprint density at radius 3 is 2.51 bits per heavy atom. The van der Waals surface area contributed by atoms with E-state index < -0.39 is 12.3 Å². The Hall–Kier alpha value is -3.89. The summed E-state index contributed by atoms with van der Waals surface area (Å²) in [6, 6.07) is 14.8. The van der Waals surface area contributed by atoms with Gasteiger partial charge in [-0.2, -0.15) is 0 Å². The molecule has 2 N–H and O–H groups in total. The zero-order valence-electron chi connectivity index (χ0n) is 23.5. The van der Waals surface area contributed by atoms with Crippen molar-refractivity contribution in [2.75, 3.05) is 33.4 Å². The van der Waals surface area contributed by atoms with Gasteiger partial charge in [-0.1, -0.05) is 24.3 Å². The van der Waals surface area contributed by atoms with Gasteiger partial charge in [0.1, 0.15) is 0 Å². The van der Waals surface area contributed by atoms with Crippen LogP contribution in [0.2, 0.25) is 0 Å². The van der Waals surface area contributed by atoms with Gasteiger partial charge in [-0.3, -0.25) is 9.36 Å². The number of likely N-dealkylation sites (tertiary alicyclic amines) is 1. The lowest BCUT2D eigenvalue weighted by Crippen LogP contribution is -2.44. The number of amides is 1. The van der Waals surface area contributed by atoms with Gasteiger partial charge in [0.2, 0.25) is 6.29 Å². The van der Waals surface area contributed by atoms with Gasteiger partial charge in [-0.25, -0.2) is 9.59 Å². The molecular formula is C31H37N3O7. The van der Waals surface area contributed by atoms with Crippen LogP contribution in [-0.4, -0.2) is 71.1 Å². The van der Waals surface area contributed by atoms with E-state index in [1.54, 1.807) is 21.6 Å². The number of carbonyl (C=O) groups excluding carboxylic acids is 2. The van der Waals surface area contributed by atoms with Crippen LogP contribution in [0, 0.1) is 5.92 Å². The molecule has 0 spiro atoms. The number of aliphatic hydroxyl groups excluding tert-OH is 1. The number of allylic oxidation sites excluding steroid dienone is 1. The molecule has 0 saturated carbocycles. The fraction of sp³-hybridized carbons (Fsp3) is 0.452. The first-order chi connectivity index (χ1) is 19.9. The molecule has 2 aliphatic rings. The summed E-state index contributed by atoms with van der Waals surface area (Å²) in [5.74, 6) is -0.760. The SMILES string of the molecule is CCO[C@@H]1OC(C(=O)N2CCC(n3c(=O)[nH]c4ccccc43)CC2)=C[C@H](c2ccc(C(=O)OC)cc2)[C@@H]1CCCO. The molecule has 0 aliphatic carbocycles. The van der Waals surface area contributed by atoms with E-state index in [0.717, 1.165) is 16.6 Å². The minimum atomic E-state index is -0.664. The maximum absolute atomic E-state index is 13.8. The Kier molecular flexibility index (Phi) is 8.90. The average Bonchev–Trinajstić information content (AvgIpc) is 3.35. The Bertz CT molecular complexity index is 1450. The van der Waals surface area contributed by atoms with Crippen molar-refractivity contribution in [2.24, 2.45) is 5.92 Å². The summed E-state index contributed by atoms with van der Waals surface area (Å²) in [5.41, 5.74) is 2.89. The minimum Gasteiger partial charge on any atom is -0.465 e. The van der Waals surface area contributed by atoms with Gasteiger partial charge >= 0.3 is 11.7 Å². The van der Waals surface area contributed by atoms with Crippen LogP contribution in [0.5, 0.6) is 0 Å². The summed E-state index contributed by atoms with van der Waals surface area (Å²) < 4.78 is 18.8. The predicted molar refractivity (Wildman–Crippen MR) is 152 cm³/mol. The van der Waals surface area contributed by atoms with E-state index in [2.05, 4.69) is 4.98 Å². The first-order valence-electron chi connectivity index (χ1n) is 14.2. The second kappa shape index (κ2) is 12.7. The summed E-state index contributed by atoms with van der Waals surface area (Å²) in [5, 5.41) is 9.54. The van der Waals surface area contributed by atoms with Gasteiger partial charge in [0.15, 0.2) is 5.76 Å². The minimum absolute atomic E-state index is 0.0101. The number of nitrogens with zero attached hydrogens (tertiary/aromatic N) is 2. The Morgan fingerprint density at radius 1 is 1.10 bits per heavy atom. The average molecular weight is 564 g/mol. The topological polar surface area (TPSA) is 123 Å². The fourth-order valence-electron chi connectivity index (χ4n) is 6.02. The number of rotatable bonds is 9. The zero-order valence-corrected chi connectivity index (χ0v) is 23.5. The first-order valence-corrected chi connectivity index (χ1v) is 14.2. The number of hydrogen-bond acceptors (Lipinski definition) is 7. The van der Waals surface area contributed by atoms with Crippen molar-refractivity contribution in [1.82, 2.24) is 14.5 Å². The number of imidazole rings is 1. The molecule has 218 valence electrons. The van der Waals surface area contributed by atoms with E-state index in [-0.39, 0.29) is 41.8 Å². The molecule has 41 heavy (non-hydrogen) atoms. The maximum Gasteiger partial charge on any atom is 0.337 e. The zero-order chi connectivity index (χ0) is 28.9. The monoisotopic (exact) mass is 563 g/mol. The maximum atomic E-state index is 13.8. The molecule has 0 unspecified atom stereocenters. The van der Waals surface area contributed by atoms with E-state index in [1.807, 2.05) is 49.4 Å². The number of nitrogens with one attached hydrogen (secondary N) is 1. The summed E-state index contributed by atoms with van der Waals surface area (Å²) in [6.07, 6.45) is 3.67. The third-order valence-electron chi connectivity index (χ3n) is 8.08. The van der Waals surface area contributed by atoms with Crippen molar-refractivity contribution < 1.29 is 28.9 Å². The van der Waals surface area contributed by atoms with Crippen LogP contribution in [0.25, 0.3) is 11.0 Å². The molecule has 0 bridgehead atoms. The number of aromatic amines is 1. The first kappa shape index (κ1) is 28.6. The number of ether oxygens (including phenoxy) is 3. The van der Waals surface area contributed by atoms with E-state index >= 15 is 0 Å². The molecule has 1 fully saturated rings. The number of aliphatic hydroxyl groups is 1. The lowest BCUT2D eigenvalue weighted by Gasteiger charge is -2.39. The number of fused-ring (bicyclic) bond motifs is 1. The third-order valence-corrected chi connectivity index (χ3v) is 8.08. The Balaban J connectivity index is 1.38. The smallest absolute Gasteiger partial charge is 0.337 e. The lowest BCUT2D eigenvalue weighted by molar-refractivity contribution is -0.170. The molecule has 3 aromatic rings. The molecule has 1 saturated heterocycles. The molecule has 2 aliphatic heterocycles. The highest BCUT2D eigenvalue weighted by atomic mass is 16.7. The lowest BCUT2D eigenvalue weighted by atomic mass is 9.80. The van der Waals surface area contributed by atoms with Crippen LogP contribution >= 0.6 is 0 Å². The highest BCUT2D eigenvalue weighted by Gasteiger charge is 2.39. The van der Waals surface area contributed by atoms with Crippen LogP contribution in [0.15, 0.2) is 65.2 Å². The van der Waals surface area contributed by atoms with Gasteiger partial charge in [0, 0.05) is 44.2 Å². The fourth-order valence-corrected chi connectivity index (χ4v) is 6.02. The second-order valence-corrected chi connectivity index (χ2v) is 10.5. The van der Waals surface area contributed by atoms with Gasteiger partial charge in [-0.15, -0.1) is 0 Å². The molecule has 10 heteroatoms. The molecule has 5 rings (SSSR count). The van der Waals surface area contributed by atoms with Crippen LogP contribution in [0.3, 0.4) is 0 Å². The predicted octanol–water partition coefficient (Wildman–Crippen LogP) is 3.73. The van der Waals surface area contributed by atoms with Gasteiger partial charge in [0.05, 0.1) is 23.7 Å². The van der Waals surface area contributed by atoms with Crippen molar-refractivity contribution in [3.8, 4) is 0 Å². The van der Waals surface area contributed by atoms with Crippen LogP contribution in [0.1, 0.15) is 60.5 Å². The summed E-state index contributed by atoms with van der Waals surface area (Å²) >= 11 is 0. The molecule has 3 heterocycles. The van der Waals surface area contributed by atoms with Gasteiger partial charge < -0.3 is 29.2 Å². The largest absolute Gasteiger partial charge is 0.465 e. The Labute approximate surface area is 238 Å². The van der Waals surface area contributed by atoms with E-state index in [1.165, 1.54) is 7.11 Å². The standard InChI is InChI=1S/C31H37N3O7/c1-3-40-30-23(7-6-18-35)24(20-10-12-21(13-11-20)29(37)39-2)19-27(41-30)28(36)33-16-14-22(15-17-33)34-26-9-5-4-8-25(26)32-31(34)38/h4-5,8-13,19,22-24,30,35H,3,6-7,14-18H2,1-2H3,(H,32,38)/t23-,24+,30+/m0/s1. The molecule has 10 nitrogen and oxygen atoms in total. The van der Waals surface area contributed by atoms with Crippen LogP contribution in [-0.2, 0) is 19.0 Å². The number of aromatic nitrogens is 2. The number of methoxy groups -OCH3 is 1. The second-order valence-electron chi connectivity index (χ2n) is 10.5. The molecule has 1 amide bonds. The molecular weight excluding hydrogens is 526 g/mol. The number of benzene rings is 2. The van der Waals surface area contributed by atoms with E-state index in [9.17, 15) is 19.5 Å². The third kappa shape index (κ3) is 5.94. The quantitative estimate of drug-likeness (QED) is 0.380. The van der Waals surface area contributed by atoms with E-state index in [4.69, 9.17) is 14.2 Å². The van der Waals surface area contributed by atoms with E-state index in [0.29, 0.717) is 50.9 Å². The van der Waals surface area contributed by atoms with Crippen LogP contribution < -0.4 is 5.69 Å². The number of esters is 1.